The van der Waals surface area contributed by atoms with Crippen molar-refractivity contribution in [1.82, 2.24) is 5.32 Å². The van der Waals surface area contributed by atoms with Crippen LogP contribution in [0, 0.1) is 0 Å². The van der Waals surface area contributed by atoms with Crippen LogP contribution < -0.4 is 5.32 Å². The van der Waals surface area contributed by atoms with Crippen LogP contribution in [-0.2, 0) is 9.59 Å². The molecule has 0 unspecified atom stereocenters. The van der Waals surface area contributed by atoms with E-state index in [0.29, 0.717) is 12.1 Å². The first-order valence-electron chi connectivity index (χ1n) is 12.1. The number of Topliss-reactive ketones (excluding diaryl/α,β-unsaturated/α-hetero) is 2. The van der Waals surface area contributed by atoms with Crippen LogP contribution in [0.1, 0.15) is 114 Å². The third kappa shape index (κ3) is 14.2. The number of ketones is 2. The summed E-state index contributed by atoms with van der Waals surface area (Å²) < 4.78 is 0.862. The molecule has 1 aromatic rings. The number of hydrogen-bond acceptors (Lipinski definition) is 3. The van der Waals surface area contributed by atoms with Crippen LogP contribution in [0.2, 0.25) is 0 Å². The van der Waals surface area contributed by atoms with Crippen molar-refractivity contribution in [1.29, 1.82) is 0 Å². The lowest BCUT2D eigenvalue weighted by Gasteiger charge is -2.05. The average molecular weight is 495 g/mol. The number of halogens is 1. The smallest absolute Gasteiger partial charge is 0.287 e. The SMILES string of the molecule is CCCCCCCCCCCCCCCCNC(=O)C(=O)CC(=O)c1ccc(Br)cc1. The summed E-state index contributed by atoms with van der Waals surface area (Å²) in [6.45, 7) is 2.75. The molecule has 0 spiro atoms. The number of rotatable bonds is 19. The fraction of sp³-hybridized carbons (Fsp3) is 0.654. The van der Waals surface area contributed by atoms with Gasteiger partial charge in [-0.2, -0.15) is 0 Å². The Morgan fingerprint density at radius 3 is 1.65 bits per heavy atom. The predicted molar refractivity (Wildman–Crippen MR) is 131 cm³/mol. The Morgan fingerprint density at radius 2 is 1.16 bits per heavy atom. The Hall–Kier alpha value is -1.49. The van der Waals surface area contributed by atoms with Crippen molar-refractivity contribution in [2.45, 2.75) is 103 Å². The molecular weight excluding hydrogens is 454 g/mol. The minimum Gasteiger partial charge on any atom is -0.349 e. The first kappa shape index (κ1) is 27.5. The van der Waals surface area contributed by atoms with E-state index in [-0.39, 0.29) is 12.2 Å². The quantitative estimate of drug-likeness (QED) is 0.0958. The van der Waals surface area contributed by atoms with E-state index in [1.54, 1.807) is 24.3 Å². The predicted octanol–water partition coefficient (Wildman–Crippen LogP) is 7.19. The van der Waals surface area contributed by atoms with Gasteiger partial charge in [-0.15, -0.1) is 0 Å². The van der Waals surface area contributed by atoms with Gasteiger partial charge in [-0.1, -0.05) is 118 Å². The summed E-state index contributed by atoms with van der Waals surface area (Å²) in [5.74, 6) is -1.65. The highest BCUT2D eigenvalue weighted by atomic mass is 79.9. The first-order chi connectivity index (χ1) is 15.0. The minimum atomic E-state index is -0.668. The zero-order chi connectivity index (χ0) is 22.7. The van der Waals surface area contributed by atoms with Gasteiger partial charge in [0.05, 0.1) is 6.42 Å². The molecule has 4 nitrogen and oxygen atoms in total. The fourth-order valence-corrected chi connectivity index (χ4v) is 3.85. The van der Waals surface area contributed by atoms with Gasteiger partial charge in [0.15, 0.2) is 5.78 Å². The summed E-state index contributed by atoms with van der Waals surface area (Å²) in [6, 6.07) is 6.78. The van der Waals surface area contributed by atoms with Crippen molar-refractivity contribution >= 4 is 33.4 Å². The lowest BCUT2D eigenvalue weighted by molar-refractivity contribution is -0.137. The second-order valence-corrected chi connectivity index (χ2v) is 9.30. The molecule has 5 heteroatoms. The molecule has 1 amide bonds. The van der Waals surface area contributed by atoms with E-state index in [2.05, 4.69) is 28.2 Å². The molecule has 0 aliphatic carbocycles. The van der Waals surface area contributed by atoms with Gasteiger partial charge in [-0.05, 0) is 18.6 Å². The van der Waals surface area contributed by atoms with E-state index in [1.807, 2.05) is 0 Å². The number of hydrogen-bond donors (Lipinski definition) is 1. The maximum absolute atomic E-state index is 12.1. The average Bonchev–Trinajstić information content (AvgIpc) is 2.76. The molecule has 1 N–H and O–H groups in total. The Morgan fingerprint density at radius 1 is 0.710 bits per heavy atom. The molecule has 0 fully saturated rings. The van der Waals surface area contributed by atoms with Crippen LogP contribution >= 0.6 is 15.9 Å². The van der Waals surface area contributed by atoms with Crippen LogP contribution in [0.5, 0.6) is 0 Å². The van der Waals surface area contributed by atoms with Crippen LogP contribution in [0.25, 0.3) is 0 Å². The number of nitrogens with one attached hydrogen (secondary N) is 1. The molecule has 0 aromatic heterocycles. The highest BCUT2D eigenvalue weighted by Crippen LogP contribution is 2.13. The summed E-state index contributed by atoms with van der Waals surface area (Å²) in [7, 11) is 0. The Labute approximate surface area is 197 Å². The van der Waals surface area contributed by atoms with Gasteiger partial charge in [0.1, 0.15) is 0 Å². The van der Waals surface area contributed by atoms with E-state index in [9.17, 15) is 14.4 Å². The Kier molecular flexibility index (Phi) is 16.1. The summed E-state index contributed by atoms with van der Waals surface area (Å²) in [5, 5.41) is 2.64. The lowest BCUT2D eigenvalue weighted by atomic mass is 10.0. The number of carbonyl (C=O) groups excluding carboxylic acids is 3. The van der Waals surface area contributed by atoms with E-state index in [0.717, 1.165) is 17.3 Å². The van der Waals surface area contributed by atoms with Crippen molar-refractivity contribution in [2.75, 3.05) is 6.54 Å². The standard InChI is InChI=1S/C26H40BrNO3/c1-2-3-4-5-6-7-8-9-10-11-12-13-14-15-20-28-26(31)25(30)21-24(29)22-16-18-23(27)19-17-22/h16-19H,2-15,20-21H2,1H3,(H,28,31). The summed E-state index contributed by atoms with van der Waals surface area (Å²) in [4.78, 5) is 35.9. The van der Waals surface area contributed by atoms with E-state index in [1.165, 1.54) is 77.0 Å². The number of benzene rings is 1. The summed E-state index contributed by atoms with van der Waals surface area (Å²) >= 11 is 3.30. The van der Waals surface area contributed by atoms with Crippen molar-refractivity contribution in [2.24, 2.45) is 0 Å². The molecule has 0 atom stereocenters. The van der Waals surface area contributed by atoms with Crippen LogP contribution in [0.3, 0.4) is 0 Å². The molecule has 0 saturated carbocycles. The Balaban J connectivity index is 1.94. The Bertz CT molecular complexity index is 643. The van der Waals surface area contributed by atoms with Crippen LogP contribution in [0.15, 0.2) is 28.7 Å². The number of amides is 1. The zero-order valence-electron chi connectivity index (χ0n) is 19.2. The van der Waals surface area contributed by atoms with Gasteiger partial charge in [0.25, 0.3) is 5.91 Å². The van der Waals surface area contributed by atoms with Crippen molar-refractivity contribution < 1.29 is 14.4 Å². The molecule has 0 aliphatic rings. The normalized spacial score (nSPS) is 10.8. The van der Waals surface area contributed by atoms with Gasteiger partial charge in [0.2, 0.25) is 5.78 Å². The largest absolute Gasteiger partial charge is 0.349 e. The molecule has 174 valence electrons. The van der Waals surface area contributed by atoms with E-state index >= 15 is 0 Å². The second-order valence-electron chi connectivity index (χ2n) is 8.38. The molecule has 0 bridgehead atoms. The first-order valence-corrected chi connectivity index (χ1v) is 12.9. The summed E-state index contributed by atoms with van der Waals surface area (Å²) in [5.41, 5.74) is 0.441. The molecular formula is C26H40BrNO3. The van der Waals surface area contributed by atoms with E-state index in [4.69, 9.17) is 0 Å². The third-order valence-electron chi connectivity index (χ3n) is 5.56. The van der Waals surface area contributed by atoms with Gasteiger partial charge in [-0.3, -0.25) is 14.4 Å². The van der Waals surface area contributed by atoms with E-state index < -0.39 is 11.7 Å². The van der Waals surface area contributed by atoms with Gasteiger partial charge < -0.3 is 5.32 Å². The van der Waals surface area contributed by atoms with Crippen LogP contribution in [0.4, 0.5) is 0 Å². The van der Waals surface area contributed by atoms with Gasteiger partial charge in [-0.25, -0.2) is 0 Å². The molecule has 0 aliphatic heterocycles. The summed E-state index contributed by atoms with van der Waals surface area (Å²) in [6.07, 6.45) is 17.6. The highest BCUT2D eigenvalue weighted by Gasteiger charge is 2.18. The highest BCUT2D eigenvalue weighted by molar-refractivity contribution is 9.10. The molecule has 1 aromatic carbocycles. The third-order valence-corrected chi connectivity index (χ3v) is 6.09. The molecule has 0 radical (unpaired) electrons. The zero-order valence-corrected chi connectivity index (χ0v) is 20.8. The van der Waals surface area contributed by atoms with Crippen molar-refractivity contribution in [3.8, 4) is 0 Å². The topological polar surface area (TPSA) is 63.2 Å². The van der Waals surface area contributed by atoms with Gasteiger partial charge >= 0.3 is 0 Å². The maximum atomic E-state index is 12.1. The van der Waals surface area contributed by atoms with Crippen LogP contribution in [-0.4, -0.2) is 24.0 Å². The lowest BCUT2D eigenvalue weighted by Crippen LogP contribution is -2.32. The number of carbonyl (C=O) groups is 3. The fourth-order valence-electron chi connectivity index (χ4n) is 3.58. The second kappa shape index (κ2) is 18.1. The molecule has 0 heterocycles. The molecule has 1 rings (SSSR count). The molecule has 0 saturated heterocycles. The molecule has 31 heavy (non-hydrogen) atoms. The monoisotopic (exact) mass is 493 g/mol. The van der Waals surface area contributed by atoms with Crippen molar-refractivity contribution in [3.05, 3.63) is 34.3 Å². The number of unbranched alkanes of at least 4 members (excludes halogenated alkanes) is 13. The maximum Gasteiger partial charge on any atom is 0.287 e. The minimum absolute atomic E-state index is 0.329. The van der Waals surface area contributed by atoms with Gasteiger partial charge in [0, 0.05) is 16.6 Å². The van der Waals surface area contributed by atoms with Crippen molar-refractivity contribution in [3.63, 3.8) is 0 Å².